The van der Waals surface area contributed by atoms with Crippen molar-refractivity contribution < 1.29 is 14.7 Å². The zero-order valence-corrected chi connectivity index (χ0v) is 17.0. The molecule has 3 rings (SSSR count). The van der Waals surface area contributed by atoms with E-state index in [1.54, 1.807) is 0 Å². The normalized spacial score (nSPS) is 26.6. The fraction of sp³-hybridized carbons (Fsp3) is 0.737. The summed E-state index contributed by atoms with van der Waals surface area (Å²) in [6.07, 6.45) is 4.78. The van der Waals surface area contributed by atoms with Crippen LogP contribution in [0.4, 0.5) is 5.13 Å². The van der Waals surface area contributed by atoms with E-state index in [-0.39, 0.29) is 36.4 Å². The standard InChI is InChI=1S/C19H30N4O3S/c1-12-13(2)27-19(20-12)22-17(25)11-23-9-3-4-14(10-23)18(26)21-15-5-7-16(24)8-6-15/h14-16,24H,3-11H2,1-2H3,(H,21,26)(H,20,22,25). The molecular weight excluding hydrogens is 364 g/mol. The van der Waals surface area contributed by atoms with Crippen molar-refractivity contribution in [2.75, 3.05) is 25.0 Å². The van der Waals surface area contributed by atoms with E-state index in [1.807, 2.05) is 13.8 Å². The third-order valence-electron chi connectivity index (χ3n) is 5.56. The predicted octanol–water partition coefficient (Wildman–Crippen LogP) is 1.83. The van der Waals surface area contributed by atoms with Crippen LogP contribution in [0.1, 0.15) is 49.1 Å². The van der Waals surface area contributed by atoms with Crippen molar-refractivity contribution in [3.8, 4) is 0 Å². The van der Waals surface area contributed by atoms with Gasteiger partial charge in [0.05, 0.1) is 24.3 Å². The fourth-order valence-electron chi connectivity index (χ4n) is 3.84. The number of piperidine rings is 1. The van der Waals surface area contributed by atoms with Crippen LogP contribution in [0.3, 0.4) is 0 Å². The van der Waals surface area contributed by atoms with Crippen LogP contribution in [0.15, 0.2) is 0 Å². The smallest absolute Gasteiger partial charge is 0.240 e. The number of likely N-dealkylation sites (tertiary alicyclic amines) is 1. The molecule has 1 aliphatic heterocycles. The van der Waals surface area contributed by atoms with E-state index < -0.39 is 0 Å². The zero-order chi connectivity index (χ0) is 19.4. The molecule has 0 spiro atoms. The number of thiazole rings is 1. The van der Waals surface area contributed by atoms with Gasteiger partial charge in [0.15, 0.2) is 5.13 Å². The Bertz CT molecular complexity index is 650. The van der Waals surface area contributed by atoms with Crippen molar-refractivity contribution in [1.29, 1.82) is 0 Å². The van der Waals surface area contributed by atoms with Crippen molar-refractivity contribution in [3.05, 3.63) is 10.6 Å². The molecule has 1 aromatic rings. The topological polar surface area (TPSA) is 94.6 Å². The van der Waals surface area contributed by atoms with Crippen LogP contribution in [0.5, 0.6) is 0 Å². The summed E-state index contributed by atoms with van der Waals surface area (Å²) in [6.45, 7) is 5.66. The molecule has 0 aromatic carbocycles. The molecular formula is C19H30N4O3S. The molecule has 27 heavy (non-hydrogen) atoms. The molecule has 150 valence electrons. The number of aryl methyl sites for hydroxylation is 2. The number of carbonyl (C=O) groups excluding carboxylic acids is 2. The highest BCUT2D eigenvalue weighted by Crippen LogP contribution is 2.22. The first-order valence-corrected chi connectivity index (χ1v) is 10.7. The van der Waals surface area contributed by atoms with Gasteiger partial charge in [-0.2, -0.15) is 0 Å². The summed E-state index contributed by atoms with van der Waals surface area (Å²) in [5, 5.41) is 16.2. The van der Waals surface area contributed by atoms with Gasteiger partial charge < -0.3 is 15.7 Å². The lowest BCUT2D eigenvalue weighted by molar-refractivity contribution is -0.129. The first-order chi connectivity index (χ1) is 12.9. The predicted molar refractivity (Wildman–Crippen MR) is 106 cm³/mol. The number of amides is 2. The number of anilines is 1. The van der Waals surface area contributed by atoms with Crippen LogP contribution in [-0.2, 0) is 9.59 Å². The number of hydrogen-bond acceptors (Lipinski definition) is 6. The second kappa shape index (κ2) is 9.12. The molecule has 8 heteroatoms. The van der Waals surface area contributed by atoms with Crippen LogP contribution in [0.25, 0.3) is 0 Å². The van der Waals surface area contributed by atoms with Gasteiger partial charge in [-0.15, -0.1) is 11.3 Å². The summed E-state index contributed by atoms with van der Waals surface area (Å²) >= 11 is 1.49. The third kappa shape index (κ3) is 5.73. The molecule has 1 saturated carbocycles. The summed E-state index contributed by atoms with van der Waals surface area (Å²) in [4.78, 5) is 32.4. The summed E-state index contributed by atoms with van der Waals surface area (Å²) in [7, 11) is 0. The van der Waals surface area contributed by atoms with Gasteiger partial charge in [0.25, 0.3) is 0 Å². The average Bonchev–Trinajstić information content (AvgIpc) is 2.94. The number of aliphatic hydroxyl groups excluding tert-OH is 1. The number of nitrogens with one attached hydrogen (secondary N) is 2. The third-order valence-corrected chi connectivity index (χ3v) is 6.55. The molecule has 2 heterocycles. The molecule has 2 amide bonds. The molecule has 1 aliphatic carbocycles. The van der Waals surface area contributed by atoms with Gasteiger partial charge in [-0.25, -0.2) is 4.98 Å². The fourth-order valence-corrected chi connectivity index (χ4v) is 4.67. The van der Waals surface area contributed by atoms with Crippen molar-refractivity contribution >= 4 is 28.3 Å². The second-order valence-corrected chi connectivity index (χ2v) is 9.00. The van der Waals surface area contributed by atoms with Crippen LogP contribution in [0, 0.1) is 19.8 Å². The van der Waals surface area contributed by atoms with Gasteiger partial charge in [0.1, 0.15) is 0 Å². The van der Waals surface area contributed by atoms with Gasteiger partial charge in [0, 0.05) is 17.5 Å². The summed E-state index contributed by atoms with van der Waals surface area (Å²) in [5.41, 5.74) is 0.945. The van der Waals surface area contributed by atoms with Gasteiger partial charge in [-0.1, -0.05) is 0 Å². The lowest BCUT2D eigenvalue weighted by atomic mass is 9.91. The monoisotopic (exact) mass is 394 g/mol. The second-order valence-electron chi connectivity index (χ2n) is 7.80. The minimum absolute atomic E-state index is 0.0669. The van der Waals surface area contributed by atoms with Gasteiger partial charge in [-0.3, -0.25) is 14.5 Å². The Morgan fingerprint density at radius 3 is 2.63 bits per heavy atom. The molecule has 3 N–H and O–H groups in total. The number of aliphatic hydroxyl groups is 1. The van der Waals surface area contributed by atoms with Crippen molar-refractivity contribution in [2.24, 2.45) is 5.92 Å². The van der Waals surface area contributed by atoms with E-state index >= 15 is 0 Å². The summed E-state index contributed by atoms with van der Waals surface area (Å²) in [5.74, 6) is -0.0542. The Balaban J connectivity index is 1.45. The Kier molecular flexibility index (Phi) is 6.83. The number of hydrogen-bond donors (Lipinski definition) is 3. The van der Waals surface area contributed by atoms with E-state index in [4.69, 9.17) is 0 Å². The quantitative estimate of drug-likeness (QED) is 0.708. The molecule has 0 bridgehead atoms. The van der Waals surface area contributed by atoms with Crippen LogP contribution in [-0.4, -0.2) is 58.6 Å². The number of aromatic nitrogens is 1. The highest BCUT2D eigenvalue weighted by molar-refractivity contribution is 7.15. The number of nitrogens with zero attached hydrogens (tertiary/aromatic N) is 2. The highest BCUT2D eigenvalue weighted by Gasteiger charge is 2.29. The Hall–Kier alpha value is -1.51. The molecule has 2 fully saturated rings. The SMILES string of the molecule is Cc1nc(NC(=O)CN2CCCC(C(=O)NC3CCC(O)CC3)C2)sc1C. The lowest BCUT2D eigenvalue weighted by Gasteiger charge is -2.33. The van der Waals surface area contributed by atoms with Crippen LogP contribution < -0.4 is 10.6 Å². The molecule has 7 nitrogen and oxygen atoms in total. The minimum atomic E-state index is -0.216. The molecule has 2 aliphatic rings. The lowest BCUT2D eigenvalue weighted by Crippen LogP contribution is -2.48. The van der Waals surface area contributed by atoms with E-state index in [0.29, 0.717) is 11.7 Å². The maximum Gasteiger partial charge on any atom is 0.240 e. The molecule has 1 saturated heterocycles. The first kappa shape index (κ1) is 20.2. The molecule has 1 atom stereocenters. The highest BCUT2D eigenvalue weighted by atomic mass is 32.1. The van der Waals surface area contributed by atoms with Crippen molar-refractivity contribution in [1.82, 2.24) is 15.2 Å². The average molecular weight is 395 g/mol. The van der Waals surface area contributed by atoms with E-state index in [9.17, 15) is 14.7 Å². The van der Waals surface area contributed by atoms with E-state index in [0.717, 1.165) is 55.6 Å². The van der Waals surface area contributed by atoms with Crippen molar-refractivity contribution in [3.63, 3.8) is 0 Å². The van der Waals surface area contributed by atoms with Gasteiger partial charge in [0.2, 0.25) is 11.8 Å². The van der Waals surface area contributed by atoms with Crippen molar-refractivity contribution in [2.45, 2.75) is 64.5 Å². The van der Waals surface area contributed by atoms with Crippen LogP contribution >= 0.6 is 11.3 Å². The van der Waals surface area contributed by atoms with Gasteiger partial charge >= 0.3 is 0 Å². The molecule has 1 unspecified atom stereocenters. The maximum atomic E-state index is 12.6. The van der Waals surface area contributed by atoms with Gasteiger partial charge in [-0.05, 0) is 58.9 Å². The molecule has 1 aromatic heterocycles. The minimum Gasteiger partial charge on any atom is -0.393 e. The summed E-state index contributed by atoms with van der Waals surface area (Å²) in [6, 6.07) is 0.177. The molecule has 0 radical (unpaired) electrons. The Morgan fingerprint density at radius 2 is 1.96 bits per heavy atom. The first-order valence-electron chi connectivity index (χ1n) is 9.85. The number of carbonyl (C=O) groups is 2. The van der Waals surface area contributed by atoms with E-state index in [1.165, 1.54) is 11.3 Å². The van der Waals surface area contributed by atoms with E-state index in [2.05, 4.69) is 20.5 Å². The summed E-state index contributed by atoms with van der Waals surface area (Å²) < 4.78 is 0. The maximum absolute atomic E-state index is 12.6. The zero-order valence-electron chi connectivity index (χ0n) is 16.2. The van der Waals surface area contributed by atoms with Crippen LogP contribution in [0.2, 0.25) is 0 Å². The Morgan fingerprint density at radius 1 is 1.22 bits per heavy atom. The largest absolute Gasteiger partial charge is 0.393 e. The number of rotatable bonds is 5. The Labute approximate surface area is 164 Å².